The number of aryl methyl sites for hydroxylation is 2. The van der Waals surface area contributed by atoms with Crippen LogP contribution in [-0.4, -0.2) is 4.57 Å². The average Bonchev–Trinajstić information content (AvgIpc) is 2.92. The summed E-state index contributed by atoms with van der Waals surface area (Å²) in [5.74, 6) is 2.09. The smallest absolute Gasteiger partial charge is 0.234 e. The molecular formula is C20H39N2+. The van der Waals surface area contributed by atoms with Gasteiger partial charge in [-0.05, 0) is 19.8 Å². The number of imidazole rings is 1. The van der Waals surface area contributed by atoms with Crippen molar-refractivity contribution in [2.75, 3.05) is 0 Å². The van der Waals surface area contributed by atoms with E-state index < -0.39 is 0 Å². The topological polar surface area (TPSA) is 8.81 Å². The molecule has 128 valence electrons. The number of unbranched alkanes of at least 4 members (excludes halogenated alkanes) is 9. The van der Waals surface area contributed by atoms with Gasteiger partial charge in [0.1, 0.15) is 12.4 Å². The molecule has 0 aliphatic heterocycles. The van der Waals surface area contributed by atoms with Crippen molar-refractivity contribution in [1.82, 2.24) is 4.57 Å². The molecule has 1 heterocycles. The summed E-state index contributed by atoms with van der Waals surface area (Å²) in [6, 6.07) is 0. The Balaban J connectivity index is 2.11. The van der Waals surface area contributed by atoms with E-state index in [0.29, 0.717) is 5.92 Å². The van der Waals surface area contributed by atoms with Gasteiger partial charge >= 0.3 is 0 Å². The Kier molecular flexibility index (Phi) is 10.3. The number of hydrogen-bond acceptors (Lipinski definition) is 0. The molecule has 2 nitrogen and oxygen atoms in total. The SMILES string of the molecule is CCCCCCCCCCCC[n+]1ccn(CC)c1C(C)C. The lowest BCUT2D eigenvalue weighted by molar-refractivity contribution is -0.705. The van der Waals surface area contributed by atoms with Crippen LogP contribution in [0.2, 0.25) is 0 Å². The summed E-state index contributed by atoms with van der Waals surface area (Å²) in [5, 5.41) is 0. The third-order valence-corrected chi connectivity index (χ3v) is 4.62. The molecule has 0 saturated carbocycles. The zero-order valence-electron chi connectivity index (χ0n) is 15.6. The molecule has 0 radical (unpaired) electrons. The number of nitrogens with zero attached hydrogens (tertiary/aromatic N) is 2. The molecule has 0 fully saturated rings. The van der Waals surface area contributed by atoms with Crippen LogP contribution in [0.15, 0.2) is 12.4 Å². The van der Waals surface area contributed by atoms with Gasteiger partial charge in [0.05, 0.1) is 19.0 Å². The van der Waals surface area contributed by atoms with Crippen LogP contribution in [0.1, 0.15) is 104 Å². The molecule has 0 atom stereocenters. The Labute approximate surface area is 138 Å². The lowest BCUT2D eigenvalue weighted by Gasteiger charge is -2.07. The van der Waals surface area contributed by atoms with Crippen LogP contribution in [-0.2, 0) is 13.1 Å². The van der Waals surface area contributed by atoms with E-state index in [0.717, 1.165) is 6.54 Å². The quantitative estimate of drug-likeness (QED) is 0.320. The number of hydrogen-bond donors (Lipinski definition) is 0. The molecule has 0 aromatic carbocycles. The second-order valence-electron chi connectivity index (χ2n) is 6.97. The average molecular weight is 308 g/mol. The number of rotatable bonds is 13. The summed E-state index contributed by atoms with van der Waals surface area (Å²) in [4.78, 5) is 0. The Morgan fingerprint density at radius 1 is 0.864 bits per heavy atom. The Morgan fingerprint density at radius 2 is 1.41 bits per heavy atom. The minimum Gasteiger partial charge on any atom is -0.234 e. The largest absolute Gasteiger partial charge is 0.258 e. The minimum absolute atomic E-state index is 0.609. The summed E-state index contributed by atoms with van der Waals surface area (Å²) in [6.07, 6.45) is 18.6. The van der Waals surface area contributed by atoms with Gasteiger partial charge in [-0.15, -0.1) is 0 Å². The summed E-state index contributed by atoms with van der Waals surface area (Å²) in [6.45, 7) is 11.4. The normalized spacial score (nSPS) is 11.5. The molecule has 1 aromatic heterocycles. The molecule has 22 heavy (non-hydrogen) atoms. The van der Waals surface area contributed by atoms with Crippen molar-refractivity contribution in [3.8, 4) is 0 Å². The lowest BCUT2D eigenvalue weighted by atomic mass is 10.1. The summed E-state index contributed by atoms with van der Waals surface area (Å²) < 4.78 is 4.86. The Morgan fingerprint density at radius 3 is 1.91 bits per heavy atom. The fraction of sp³-hybridized carbons (Fsp3) is 0.850. The maximum absolute atomic E-state index is 2.47. The van der Waals surface area contributed by atoms with Crippen LogP contribution in [0.25, 0.3) is 0 Å². The first-order valence-corrected chi connectivity index (χ1v) is 9.79. The highest BCUT2D eigenvalue weighted by Gasteiger charge is 2.18. The van der Waals surface area contributed by atoms with Crippen LogP contribution in [0.5, 0.6) is 0 Å². The van der Waals surface area contributed by atoms with Gasteiger partial charge < -0.3 is 0 Å². The molecule has 1 rings (SSSR count). The third kappa shape index (κ3) is 6.98. The second kappa shape index (κ2) is 11.7. The molecule has 2 heteroatoms. The predicted octanol–water partition coefficient (Wildman–Crippen LogP) is 5.84. The fourth-order valence-corrected chi connectivity index (χ4v) is 3.37. The van der Waals surface area contributed by atoms with Crippen molar-refractivity contribution in [2.45, 2.75) is 111 Å². The van der Waals surface area contributed by atoms with E-state index in [1.165, 1.54) is 76.6 Å². The van der Waals surface area contributed by atoms with Crippen molar-refractivity contribution in [3.05, 3.63) is 18.2 Å². The highest BCUT2D eigenvalue weighted by molar-refractivity contribution is 4.89. The molecule has 0 aliphatic rings. The fourth-order valence-electron chi connectivity index (χ4n) is 3.37. The van der Waals surface area contributed by atoms with E-state index in [1.54, 1.807) is 0 Å². The van der Waals surface area contributed by atoms with Gasteiger partial charge in [-0.25, -0.2) is 9.13 Å². The Bertz CT molecular complexity index is 379. The number of aromatic nitrogens is 2. The molecule has 0 spiro atoms. The van der Waals surface area contributed by atoms with Gasteiger partial charge in [-0.1, -0.05) is 72.1 Å². The first-order valence-electron chi connectivity index (χ1n) is 9.79. The highest BCUT2D eigenvalue weighted by atomic mass is 15.1. The first kappa shape index (κ1) is 19.3. The van der Waals surface area contributed by atoms with E-state index in [2.05, 4.69) is 49.2 Å². The maximum Gasteiger partial charge on any atom is 0.258 e. The van der Waals surface area contributed by atoms with Crippen LogP contribution >= 0.6 is 0 Å². The highest BCUT2D eigenvalue weighted by Crippen LogP contribution is 2.12. The molecule has 0 saturated heterocycles. The third-order valence-electron chi connectivity index (χ3n) is 4.62. The molecule has 1 aromatic rings. The molecular weight excluding hydrogens is 268 g/mol. The van der Waals surface area contributed by atoms with Gasteiger partial charge in [0.15, 0.2) is 0 Å². The van der Waals surface area contributed by atoms with Gasteiger partial charge in [0.25, 0.3) is 5.82 Å². The molecule has 0 aliphatic carbocycles. The van der Waals surface area contributed by atoms with E-state index in [1.807, 2.05) is 0 Å². The van der Waals surface area contributed by atoms with Crippen LogP contribution < -0.4 is 4.57 Å². The molecule has 0 unspecified atom stereocenters. The maximum atomic E-state index is 2.47. The van der Waals surface area contributed by atoms with Crippen molar-refractivity contribution in [1.29, 1.82) is 0 Å². The van der Waals surface area contributed by atoms with Crippen molar-refractivity contribution >= 4 is 0 Å². The minimum atomic E-state index is 0.609. The molecule has 0 amide bonds. The summed E-state index contributed by atoms with van der Waals surface area (Å²) >= 11 is 0. The summed E-state index contributed by atoms with van der Waals surface area (Å²) in [5.41, 5.74) is 0. The van der Waals surface area contributed by atoms with Crippen LogP contribution in [0, 0.1) is 0 Å². The van der Waals surface area contributed by atoms with Gasteiger partial charge in [0.2, 0.25) is 0 Å². The van der Waals surface area contributed by atoms with Crippen molar-refractivity contribution in [2.24, 2.45) is 0 Å². The predicted molar refractivity (Wildman–Crippen MR) is 96.2 cm³/mol. The standard InChI is InChI=1S/C20H39N2/c1-5-7-8-9-10-11-12-13-14-15-16-22-18-17-21(6-2)20(22)19(3)4/h17-19H,5-16H2,1-4H3/q+1. The molecule has 0 bridgehead atoms. The zero-order valence-corrected chi connectivity index (χ0v) is 15.6. The first-order chi connectivity index (χ1) is 10.7. The summed E-state index contributed by atoms with van der Waals surface area (Å²) in [7, 11) is 0. The monoisotopic (exact) mass is 307 g/mol. The van der Waals surface area contributed by atoms with Gasteiger partial charge in [-0.2, -0.15) is 0 Å². The Hall–Kier alpha value is -0.790. The lowest BCUT2D eigenvalue weighted by Crippen LogP contribution is -2.38. The van der Waals surface area contributed by atoms with Crippen LogP contribution in [0.4, 0.5) is 0 Å². The van der Waals surface area contributed by atoms with Crippen LogP contribution in [0.3, 0.4) is 0 Å². The van der Waals surface area contributed by atoms with E-state index in [4.69, 9.17) is 0 Å². The van der Waals surface area contributed by atoms with Crippen molar-refractivity contribution < 1.29 is 4.57 Å². The molecule has 0 N–H and O–H groups in total. The van der Waals surface area contributed by atoms with Crippen molar-refractivity contribution in [3.63, 3.8) is 0 Å². The van der Waals surface area contributed by atoms with E-state index in [9.17, 15) is 0 Å². The van der Waals surface area contributed by atoms with E-state index >= 15 is 0 Å². The second-order valence-corrected chi connectivity index (χ2v) is 6.97. The van der Waals surface area contributed by atoms with E-state index in [-0.39, 0.29) is 0 Å². The van der Waals surface area contributed by atoms with Gasteiger partial charge in [0, 0.05) is 0 Å². The zero-order chi connectivity index (χ0) is 16.2. The van der Waals surface area contributed by atoms with Gasteiger partial charge in [-0.3, -0.25) is 0 Å².